The zero-order valence-corrected chi connectivity index (χ0v) is 5.95. The fraction of sp³-hybridized carbons (Fsp3) is 0.714. The lowest BCUT2D eigenvalue weighted by atomic mass is 10.2. The van der Waals surface area contributed by atoms with Gasteiger partial charge >= 0.3 is 0 Å². The molecule has 0 saturated carbocycles. The van der Waals surface area contributed by atoms with E-state index >= 15 is 0 Å². The topological polar surface area (TPSA) is 28.0 Å². The van der Waals surface area contributed by atoms with Crippen LogP contribution >= 0.6 is 0 Å². The first-order valence-electron chi connectivity index (χ1n) is 3.73. The first-order valence-corrected chi connectivity index (χ1v) is 3.73. The highest BCUT2D eigenvalue weighted by Crippen LogP contribution is 2.07. The van der Waals surface area contributed by atoms with E-state index in [4.69, 9.17) is 0 Å². The van der Waals surface area contributed by atoms with E-state index in [2.05, 4.69) is 14.9 Å². The molecule has 0 spiro atoms. The van der Waals surface area contributed by atoms with E-state index in [1.165, 1.54) is 12.3 Å². The molecule has 0 atom stereocenters. The van der Waals surface area contributed by atoms with Gasteiger partial charge in [-0.05, 0) is 6.42 Å². The van der Waals surface area contributed by atoms with Crippen LogP contribution in [-0.4, -0.2) is 36.7 Å². The minimum absolute atomic E-state index is 0.832. The highest BCUT2D eigenvalue weighted by molar-refractivity contribution is 5.95. The number of hydrogen-bond donors (Lipinski definition) is 0. The average Bonchev–Trinajstić information content (AvgIpc) is 2.05. The molecule has 0 saturated heterocycles. The third kappa shape index (κ3) is 0.916. The van der Waals surface area contributed by atoms with E-state index < -0.39 is 0 Å². The highest BCUT2D eigenvalue weighted by Gasteiger charge is 2.15. The predicted octanol–water partition coefficient (Wildman–Crippen LogP) is 0.523. The van der Waals surface area contributed by atoms with Crippen LogP contribution in [0.5, 0.6) is 0 Å². The van der Waals surface area contributed by atoms with Gasteiger partial charge in [-0.1, -0.05) is 0 Å². The van der Waals surface area contributed by atoms with Gasteiger partial charge in [0.1, 0.15) is 12.5 Å². The van der Waals surface area contributed by atoms with Crippen molar-refractivity contribution in [2.24, 2.45) is 9.98 Å². The van der Waals surface area contributed by atoms with E-state index in [1.54, 1.807) is 0 Å². The van der Waals surface area contributed by atoms with Gasteiger partial charge in [0.15, 0.2) is 0 Å². The van der Waals surface area contributed by atoms with Gasteiger partial charge in [0.2, 0.25) is 0 Å². The van der Waals surface area contributed by atoms with Gasteiger partial charge < -0.3 is 4.90 Å². The maximum Gasteiger partial charge on any atom is 0.110 e. The number of aliphatic imine (C=N–C) groups is 2. The van der Waals surface area contributed by atoms with Crippen LogP contribution in [0.25, 0.3) is 0 Å². The molecular weight excluding hydrogens is 126 g/mol. The summed E-state index contributed by atoms with van der Waals surface area (Å²) in [6, 6.07) is 0. The minimum Gasteiger partial charge on any atom is -0.341 e. The van der Waals surface area contributed by atoms with Crippen molar-refractivity contribution < 1.29 is 0 Å². The van der Waals surface area contributed by atoms with Gasteiger partial charge in [0.25, 0.3) is 0 Å². The lowest BCUT2D eigenvalue weighted by Gasteiger charge is -2.29. The summed E-state index contributed by atoms with van der Waals surface area (Å²) in [5, 5.41) is 0. The van der Waals surface area contributed by atoms with Crippen molar-refractivity contribution in [3.8, 4) is 0 Å². The Kier molecular flexibility index (Phi) is 1.42. The van der Waals surface area contributed by atoms with E-state index in [-0.39, 0.29) is 0 Å². The van der Waals surface area contributed by atoms with Crippen molar-refractivity contribution >= 4 is 12.1 Å². The fourth-order valence-corrected chi connectivity index (χ4v) is 1.35. The van der Waals surface area contributed by atoms with Gasteiger partial charge in [0, 0.05) is 25.7 Å². The maximum absolute atomic E-state index is 4.40. The lowest BCUT2D eigenvalue weighted by molar-refractivity contribution is 0.396. The molecule has 2 rings (SSSR count). The minimum atomic E-state index is 0.832. The predicted molar refractivity (Wildman–Crippen MR) is 41.6 cm³/mol. The van der Waals surface area contributed by atoms with Gasteiger partial charge in [-0.15, -0.1) is 0 Å². The molecule has 10 heavy (non-hydrogen) atoms. The standard InChI is InChI=1S/C7H11N3/c1-3-9-7-2-4-8-6-10(7)5-1/h4H,1-3,5-6H2. The molecule has 0 unspecified atom stereocenters. The van der Waals surface area contributed by atoms with Crippen molar-refractivity contribution in [1.29, 1.82) is 0 Å². The smallest absolute Gasteiger partial charge is 0.110 e. The van der Waals surface area contributed by atoms with Crippen LogP contribution < -0.4 is 0 Å². The van der Waals surface area contributed by atoms with E-state index in [0.29, 0.717) is 0 Å². The largest absolute Gasteiger partial charge is 0.341 e. The number of amidine groups is 1. The molecular formula is C7H11N3. The average molecular weight is 137 g/mol. The van der Waals surface area contributed by atoms with Crippen molar-refractivity contribution in [2.45, 2.75) is 12.8 Å². The van der Waals surface area contributed by atoms with Crippen LogP contribution in [0.15, 0.2) is 9.98 Å². The Morgan fingerprint density at radius 2 is 2.50 bits per heavy atom. The molecule has 0 N–H and O–H groups in total. The van der Waals surface area contributed by atoms with Gasteiger partial charge in [0.05, 0.1) is 0 Å². The second-order valence-electron chi connectivity index (χ2n) is 2.63. The summed E-state index contributed by atoms with van der Waals surface area (Å²) < 4.78 is 0. The third-order valence-corrected chi connectivity index (χ3v) is 1.90. The summed E-state index contributed by atoms with van der Waals surface area (Å²) >= 11 is 0. The first kappa shape index (κ1) is 5.89. The fourth-order valence-electron chi connectivity index (χ4n) is 1.35. The van der Waals surface area contributed by atoms with Crippen molar-refractivity contribution in [2.75, 3.05) is 19.8 Å². The van der Waals surface area contributed by atoms with Crippen LogP contribution in [0.2, 0.25) is 0 Å². The Bertz CT molecular complexity index is 183. The summed E-state index contributed by atoms with van der Waals surface area (Å²) in [5.74, 6) is 1.24. The van der Waals surface area contributed by atoms with E-state index in [0.717, 1.165) is 26.2 Å². The van der Waals surface area contributed by atoms with Gasteiger partial charge in [-0.2, -0.15) is 0 Å². The quantitative estimate of drug-likeness (QED) is 0.478. The Labute approximate surface area is 60.5 Å². The van der Waals surface area contributed by atoms with Crippen LogP contribution in [0, 0.1) is 0 Å². The Hall–Kier alpha value is -0.860. The molecule has 0 aromatic heterocycles. The molecule has 3 heteroatoms. The SMILES string of the molecule is C1=NCN2CCCN=C2C1. The number of fused-ring (bicyclic) bond motifs is 1. The summed E-state index contributed by atoms with van der Waals surface area (Å²) in [7, 11) is 0. The molecule has 0 bridgehead atoms. The molecule has 2 heterocycles. The monoisotopic (exact) mass is 137 g/mol. The lowest BCUT2D eigenvalue weighted by Crippen LogP contribution is -2.38. The van der Waals surface area contributed by atoms with Gasteiger partial charge in [-0.3, -0.25) is 9.98 Å². The van der Waals surface area contributed by atoms with E-state index in [9.17, 15) is 0 Å². The maximum atomic E-state index is 4.40. The molecule has 0 radical (unpaired) electrons. The van der Waals surface area contributed by atoms with Crippen molar-refractivity contribution in [3.63, 3.8) is 0 Å². The second kappa shape index (κ2) is 2.40. The Morgan fingerprint density at radius 1 is 1.50 bits per heavy atom. The summed E-state index contributed by atoms with van der Waals surface area (Å²) in [5.41, 5.74) is 0. The molecule has 2 aliphatic heterocycles. The molecule has 0 fully saturated rings. The normalized spacial score (nSPS) is 24.0. The number of hydrogen-bond acceptors (Lipinski definition) is 3. The van der Waals surface area contributed by atoms with Gasteiger partial charge in [-0.25, -0.2) is 0 Å². The molecule has 0 aliphatic carbocycles. The second-order valence-corrected chi connectivity index (χ2v) is 2.63. The molecule has 2 aliphatic rings. The number of rotatable bonds is 0. The summed E-state index contributed by atoms with van der Waals surface area (Å²) in [6.07, 6.45) is 4.10. The third-order valence-electron chi connectivity index (χ3n) is 1.90. The van der Waals surface area contributed by atoms with Crippen molar-refractivity contribution in [3.05, 3.63) is 0 Å². The Balaban J connectivity index is 2.17. The molecule has 0 amide bonds. The van der Waals surface area contributed by atoms with Crippen LogP contribution in [0.1, 0.15) is 12.8 Å². The molecule has 0 aromatic rings. The zero-order chi connectivity index (χ0) is 6.81. The van der Waals surface area contributed by atoms with Crippen LogP contribution in [-0.2, 0) is 0 Å². The molecule has 54 valence electrons. The summed E-state index contributed by atoms with van der Waals surface area (Å²) in [6.45, 7) is 2.99. The number of nitrogens with zero attached hydrogens (tertiary/aromatic N) is 3. The highest BCUT2D eigenvalue weighted by atomic mass is 15.3. The Morgan fingerprint density at radius 3 is 3.40 bits per heavy atom. The van der Waals surface area contributed by atoms with Crippen molar-refractivity contribution in [1.82, 2.24) is 4.90 Å². The first-order chi connectivity index (χ1) is 4.97. The molecule has 3 nitrogen and oxygen atoms in total. The molecule has 0 aromatic carbocycles. The zero-order valence-electron chi connectivity index (χ0n) is 5.95. The van der Waals surface area contributed by atoms with Crippen LogP contribution in [0.4, 0.5) is 0 Å². The summed E-state index contributed by atoms with van der Waals surface area (Å²) in [4.78, 5) is 10.8. The van der Waals surface area contributed by atoms with Crippen LogP contribution in [0.3, 0.4) is 0 Å². The van der Waals surface area contributed by atoms with E-state index in [1.807, 2.05) is 6.21 Å².